The number of rotatable bonds is 5. The van der Waals surface area contributed by atoms with E-state index in [9.17, 15) is 4.39 Å². The van der Waals surface area contributed by atoms with Crippen LogP contribution in [-0.2, 0) is 6.42 Å². The molecule has 0 saturated heterocycles. The van der Waals surface area contributed by atoms with Crippen molar-refractivity contribution in [1.82, 2.24) is 0 Å². The van der Waals surface area contributed by atoms with Gasteiger partial charge in [0.25, 0.3) is 0 Å². The normalized spacial score (nSPS) is 12.6. The molecule has 1 heterocycles. The van der Waals surface area contributed by atoms with E-state index in [2.05, 4.69) is 13.0 Å². The second-order valence-corrected chi connectivity index (χ2v) is 6.45. The molecule has 2 N–H and O–H groups in total. The molecule has 1 atom stereocenters. The van der Waals surface area contributed by atoms with Gasteiger partial charge in [0.05, 0.1) is 4.21 Å². The topological polar surface area (TPSA) is 26.0 Å². The Morgan fingerprint density at radius 3 is 2.89 bits per heavy atom. The molecule has 2 aromatic rings. The highest BCUT2D eigenvalue weighted by molar-refractivity contribution is 8.01. The van der Waals surface area contributed by atoms with Gasteiger partial charge >= 0.3 is 0 Å². The number of thiophene rings is 1. The summed E-state index contributed by atoms with van der Waals surface area (Å²) in [5.41, 5.74) is 6.97. The monoisotopic (exact) mass is 281 g/mol. The van der Waals surface area contributed by atoms with E-state index in [1.807, 2.05) is 17.5 Å². The second-order valence-electron chi connectivity index (χ2n) is 4.16. The van der Waals surface area contributed by atoms with Gasteiger partial charge in [-0.25, -0.2) is 4.39 Å². The molecule has 0 bridgehead atoms. The van der Waals surface area contributed by atoms with Gasteiger partial charge in [-0.05, 0) is 48.1 Å². The molecule has 18 heavy (non-hydrogen) atoms. The second kappa shape index (κ2) is 6.36. The molecule has 0 aliphatic rings. The highest BCUT2D eigenvalue weighted by Crippen LogP contribution is 2.34. The van der Waals surface area contributed by atoms with Crippen molar-refractivity contribution in [1.29, 1.82) is 0 Å². The van der Waals surface area contributed by atoms with E-state index in [1.54, 1.807) is 29.2 Å². The fourth-order valence-corrected chi connectivity index (χ4v) is 3.51. The summed E-state index contributed by atoms with van der Waals surface area (Å²) in [6.07, 6.45) is 1.63. The Labute approximate surface area is 115 Å². The molecule has 0 saturated carbocycles. The number of hydrogen-bond acceptors (Lipinski definition) is 3. The SMILES string of the molecule is CCC(N)Cc1cc(F)ccc1Sc1cccs1. The molecule has 4 heteroatoms. The molecule has 1 aromatic carbocycles. The van der Waals surface area contributed by atoms with Gasteiger partial charge < -0.3 is 5.73 Å². The first-order valence-corrected chi connectivity index (χ1v) is 7.64. The molecule has 0 aliphatic heterocycles. The van der Waals surface area contributed by atoms with Gasteiger partial charge in [0.2, 0.25) is 0 Å². The van der Waals surface area contributed by atoms with E-state index in [1.165, 1.54) is 10.3 Å². The maximum atomic E-state index is 13.3. The van der Waals surface area contributed by atoms with Gasteiger partial charge in [-0.2, -0.15) is 0 Å². The lowest BCUT2D eigenvalue weighted by molar-refractivity contribution is 0.610. The van der Waals surface area contributed by atoms with Crippen molar-refractivity contribution in [3.63, 3.8) is 0 Å². The molecular weight excluding hydrogens is 265 g/mol. The zero-order valence-corrected chi connectivity index (χ0v) is 11.9. The molecule has 2 rings (SSSR count). The van der Waals surface area contributed by atoms with Gasteiger partial charge in [-0.15, -0.1) is 11.3 Å². The summed E-state index contributed by atoms with van der Waals surface area (Å²) < 4.78 is 14.5. The molecule has 0 fully saturated rings. The van der Waals surface area contributed by atoms with E-state index in [0.29, 0.717) is 0 Å². The van der Waals surface area contributed by atoms with Crippen molar-refractivity contribution >= 4 is 23.1 Å². The van der Waals surface area contributed by atoms with E-state index in [-0.39, 0.29) is 11.9 Å². The summed E-state index contributed by atoms with van der Waals surface area (Å²) in [4.78, 5) is 1.10. The number of nitrogens with two attached hydrogens (primary N) is 1. The largest absolute Gasteiger partial charge is 0.327 e. The third-order valence-electron chi connectivity index (χ3n) is 2.73. The van der Waals surface area contributed by atoms with E-state index < -0.39 is 0 Å². The summed E-state index contributed by atoms with van der Waals surface area (Å²) in [7, 11) is 0. The standard InChI is InChI=1S/C14H16FNS2/c1-2-12(16)9-10-8-11(15)5-6-13(10)18-14-4-3-7-17-14/h3-8,12H,2,9,16H2,1H3. The van der Waals surface area contributed by atoms with Gasteiger partial charge in [0.15, 0.2) is 0 Å². The van der Waals surface area contributed by atoms with Crippen molar-refractivity contribution in [2.75, 3.05) is 0 Å². The maximum absolute atomic E-state index is 13.3. The van der Waals surface area contributed by atoms with Crippen LogP contribution in [-0.4, -0.2) is 6.04 Å². The molecular formula is C14H16FNS2. The minimum atomic E-state index is -0.191. The number of hydrogen-bond donors (Lipinski definition) is 1. The van der Waals surface area contributed by atoms with Gasteiger partial charge in [0.1, 0.15) is 5.82 Å². The van der Waals surface area contributed by atoms with E-state index in [0.717, 1.165) is 23.3 Å². The van der Waals surface area contributed by atoms with Crippen LogP contribution < -0.4 is 5.73 Å². The smallest absolute Gasteiger partial charge is 0.123 e. The van der Waals surface area contributed by atoms with Gasteiger partial charge in [-0.3, -0.25) is 0 Å². The number of benzene rings is 1. The summed E-state index contributed by atoms with van der Waals surface area (Å²) in [5, 5.41) is 2.04. The Kier molecular flexibility index (Phi) is 4.80. The Morgan fingerprint density at radius 2 is 2.22 bits per heavy atom. The predicted molar refractivity (Wildman–Crippen MR) is 76.8 cm³/mol. The Morgan fingerprint density at radius 1 is 1.39 bits per heavy atom. The van der Waals surface area contributed by atoms with Crippen molar-refractivity contribution in [3.05, 3.63) is 47.1 Å². The zero-order valence-electron chi connectivity index (χ0n) is 10.2. The molecule has 1 nitrogen and oxygen atoms in total. The highest BCUT2D eigenvalue weighted by Gasteiger charge is 2.10. The third-order valence-corrected chi connectivity index (χ3v) is 4.89. The van der Waals surface area contributed by atoms with Crippen LogP contribution in [0, 0.1) is 5.82 Å². The lowest BCUT2D eigenvalue weighted by Crippen LogP contribution is -2.21. The van der Waals surface area contributed by atoms with Crippen molar-refractivity contribution in [2.45, 2.75) is 34.9 Å². The van der Waals surface area contributed by atoms with Crippen LogP contribution >= 0.6 is 23.1 Å². The first kappa shape index (κ1) is 13.6. The lowest BCUT2D eigenvalue weighted by Gasteiger charge is -2.12. The Hall–Kier alpha value is -0.840. The molecule has 1 aromatic heterocycles. The van der Waals surface area contributed by atoms with E-state index in [4.69, 9.17) is 5.73 Å². The van der Waals surface area contributed by atoms with Crippen LogP contribution in [0.4, 0.5) is 4.39 Å². The van der Waals surface area contributed by atoms with E-state index >= 15 is 0 Å². The van der Waals surface area contributed by atoms with Crippen LogP contribution in [0.15, 0.2) is 44.8 Å². The van der Waals surface area contributed by atoms with Crippen LogP contribution in [0.2, 0.25) is 0 Å². The molecule has 0 spiro atoms. The average molecular weight is 281 g/mol. The lowest BCUT2D eigenvalue weighted by atomic mass is 10.0. The zero-order chi connectivity index (χ0) is 13.0. The summed E-state index contributed by atoms with van der Waals surface area (Å²) >= 11 is 3.37. The van der Waals surface area contributed by atoms with Crippen LogP contribution in [0.25, 0.3) is 0 Å². The first-order chi connectivity index (χ1) is 8.69. The molecule has 0 radical (unpaired) electrons. The number of halogens is 1. The van der Waals surface area contributed by atoms with Crippen molar-refractivity contribution in [3.8, 4) is 0 Å². The molecule has 0 aliphatic carbocycles. The summed E-state index contributed by atoms with van der Waals surface area (Å²) in [6.45, 7) is 2.05. The van der Waals surface area contributed by atoms with Crippen molar-refractivity contribution < 1.29 is 4.39 Å². The third kappa shape index (κ3) is 3.57. The van der Waals surface area contributed by atoms with Crippen LogP contribution in [0.3, 0.4) is 0 Å². The summed E-state index contributed by atoms with van der Waals surface area (Å²) in [5.74, 6) is -0.191. The van der Waals surface area contributed by atoms with Gasteiger partial charge in [0, 0.05) is 10.9 Å². The Bertz CT molecular complexity index is 497. The Balaban J connectivity index is 2.22. The van der Waals surface area contributed by atoms with Crippen LogP contribution in [0.5, 0.6) is 0 Å². The molecule has 1 unspecified atom stereocenters. The minimum absolute atomic E-state index is 0.0921. The fourth-order valence-electron chi connectivity index (χ4n) is 1.66. The van der Waals surface area contributed by atoms with Crippen LogP contribution in [0.1, 0.15) is 18.9 Å². The predicted octanol–water partition coefficient (Wildman–Crippen LogP) is 4.32. The maximum Gasteiger partial charge on any atom is 0.123 e. The minimum Gasteiger partial charge on any atom is -0.327 e. The van der Waals surface area contributed by atoms with Gasteiger partial charge in [-0.1, -0.05) is 24.8 Å². The summed E-state index contributed by atoms with van der Waals surface area (Å²) in [6, 6.07) is 9.14. The fraction of sp³-hybridized carbons (Fsp3) is 0.286. The average Bonchev–Trinajstić information content (AvgIpc) is 2.85. The molecule has 96 valence electrons. The van der Waals surface area contributed by atoms with Crippen molar-refractivity contribution in [2.24, 2.45) is 5.73 Å². The molecule has 0 amide bonds. The quantitative estimate of drug-likeness (QED) is 0.883. The first-order valence-electron chi connectivity index (χ1n) is 5.94. The highest BCUT2D eigenvalue weighted by atomic mass is 32.2.